The van der Waals surface area contributed by atoms with Gasteiger partial charge in [0.15, 0.2) is 5.11 Å². The highest BCUT2D eigenvalue weighted by atomic mass is 32.1. The molecule has 0 bridgehead atoms. The molecule has 0 spiro atoms. The Morgan fingerprint density at radius 3 is 2.54 bits per heavy atom. The minimum absolute atomic E-state index is 0.0276. The van der Waals surface area contributed by atoms with Crippen molar-refractivity contribution in [3.05, 3.63) is 107 Å². The molecular weight excluding hydrogens is 538 g/mol. The van der Waals surface area contributed by atoms with Crippen molar-refractivity contribution in [2.45, 2.75) is 32.9 Å². The average Bonchev–Trinajstić information content (AvgIpc) is 3.45. The highest BCUT2D eigenvalue weighted by Crippen LogP contribution is 2.44. The Kier molecular flexibility index (Phi) is 7.87. The van der Waals surface area contributed by atoms with Crippen molar-refractivity contribution < 1.29 is 19.4 Å². The molecule has 2 atom stereocenters. The second kappa shape index (κ2) is 11.5. The number of carboxylic acid groups (broad SMARTS) is 1. The van der Waals surface area contributed by atoms with Gasteiger partial charge >= 0.3 is 5.97 Å². The van der Waals surface area contributed by atoms with Gasteiger partial charge in [-0.15, -0.1) is 0 Å². The van der Waals surface area contributed by atoms with Crippen LogP contribution in [-0.2, 0) is 9.53 Å². The summed E-state index contributed by atoms with van der Waals surface area (Å²) in [6, 6.07) is 20.2. The number of aromatic carboxylic acids is 1. The predicted molar refractivity (Wildman–Crippen MR) is 162 cm³/mol. The summed E-state index contributed by atoms with van der Waals surface area (Å²) in [7, 11) is 1.48. The number of carbonyl (C=O) groups is 2. The summed E-state index contributed by atoms with van der Waals surface area (Å²) in [5.41, 5.74) is 7.24. The van der Waals surface area contributed by atoms with E-state index in [1.165, 1.54) is 7.11 Å². The number of pyridine rings is 1. The van der Waals surface area contributed by atoms with E-state index in [9.17, 15) is 14.7 Å². The molecular formula is C31H31N5O4S. The lowest BCUT2D eigenvalue weighted by molar-refractivity contribution is -0.119. The smallest absolute Gasteiger partial charge is 0.335 e. The number of hydrogen-bond donors (Lipinski definition) is 3. The number of rotatable bonds is 8. The van der Waals surface area contributed by atoms with E-state index < -0.39 is 5.97 Å². The fourth-order valence-electron chi connectivity index (χ4n) is 5.47. The third kappa shape index (κ3) is 5.44. The largest absolute Gasteiger partial charge is 0.478 e. The van der Waals surface area contributed by atoms with Gasteiger partial charge in [-0.3, -0.25) is 9.78 Å². The molecule has 0 aliphatic carbocycles. The first kappa shape index (κ1) is 28.0. The fraction of sp³-hybridized carbons (Fsp3) is 0.226. The number of methoxy groups -OCH3 is 1. The van der Waals surface area contributed by atoms with Crippen molar-refractivity contribution in [2.24, 2.45) is 0 Å². The maximum absolute atomic E-state index is 12.1. The molecule has 1 aliphatic rings. The van der Waals surface area contributed by atoms with Gasteiger partial charge in [0.2, 0.25) is 5.91 Å². The fourth-order valence-corrected chi connectivity index (χ4v) is 5.81. The molecule has 0 radical (unpaired) electrons. The molecule has 2 aromatic carbocycles. The first-order valence-electron chi connectivity index (χ1n) is 13.1. The number of carboxylic acids is 1. The third-order valence-corrected chi connectivity index (χ3v) is 7.59. The van der Waals surface area contributed by atoms with Crippen molar-refractivity contribution in [1.82, 2.24) is 14.9 Å². The minimum atomic E-state index is -0.974. The van der Waals surface area contributed by atoms with Gasteiger partial charge in [0, 0.05) is 41.8 Å². The highest BCUT2D eigenvalue weighted by Gasteiger charge is 2.42. The maximum atomic E-state index is 12.1. The standard InChI is InChI=1S/C31H31N5O4S/c1-18-14-23(11-12-25(18)33-27(37)17-40-4)36-29(28(34-31(36)41)26-10-5-6-13-32-26)24-15-19(2)35(20(24)3)22-9-7-8-21(16-22)30(38)39/h5-16,28-29H,17H2,1-4H3,(H,33,37)(H,34,41)(H,38,39)/t28-,29+/m1/s1. The Morgan fingerprint density at radius 2 is 1.85 bits per heavy atom. The Balaban J connectivity index is 1.61. The molecule has 0 unspecified atom stereocenters. The molecule has 41 heavy (non-hydrogen) atoms. The number of nitrogens with zero attached hydrogens (tertiary/aromatic N) is 3. The van der Waals surface area contributed by atoms with Crippen molar-refractivity contribution in [2.75, 3.05) is 23.9 Å². The number of hydrogen-bond acceptors (Lipinski definition) is 5. The van der Waals surface area contributed by atoms with Gasteiger partial charge in [-0.2, -0.15) is 0 Å². The lowest BCUT2D eigenvalue weighted by Crippen LogP contribution is -2.29. The van der Waals surface area contributed by atoms with Crippen molar-refractivity contribution in [1.29, 1.82) is 0 Å². The molecule has 3 N–H and O–H groups in total. The molecule has 1 aliphatic heterocycles. The lowest BCUT2D eigenvalue weighted by Gasteiger charge is -2.29. The number of anilines is 2. The molecule has 4 aromatic rings. The maximum Gasteiger partial charge on any atom is 0.335 e. The Labute approximate surface area is 243 Å². The summed E-state index contributed by atoms with van der Waals surface area (Å²) in [5.74, 6) is -1.20. The van der Waals surface area contributed by atoms with Crippen LogP contribution < -0.4 is 15.5 Å². The van der Waals surface area contributed by atoms with E-state index in [-0.39, 0.29) is 30.2 Å². The zero-order chi connectivity index (χ0) is 29.3. The van der Waals surface area contributed by atoms with Crippen LogP contribution in [0, 0.1) is 20.8 Å². The van der Waals surface area contributed by atoms with Crippen molar-refractivity contribution in [3.63, 3.8) is 0 Å². The molecule has 5 rings (SSSR count). The van der Waals surface area contributed by atoms with Gasteiger partial charge in [0.1, 0.15) is 6.61 Å². The Bertz CT molecular complexity index is 1630. The lowest BCUT2D eigenvalue weighted by atomic mass is 9.96. The number of amides is 1. The van der Waals surface area contributed by atoms with Gasteiger partial charge in [0.25, 0.3) is 0 Å². The van der Waals surface area contributed by atoms with Crippen LogP contribution in [0.4, 0.5) is 11.4 Å². The van der Waals surface area contributed by atoms with E-state index in [1.54, 1.807) is 24.4 Å². The van der Waals surface area contributed by atoms with E-state index in [1.807, 2.05) is 63.2 Å². The van der Waals surface area contributed by atoms with E-state index in [2.05, 4.69) is 31.2 Å². The first-order valence-corrected chi connectivity index (χ1v) is 13.5. The molecule has 3 heterocycles. The van der Waals surface area contributed by atoms with Gasteiger partial charge in [0.05, 0.1) is 23.3 Å². The summed E-state index contributed by atoms with van der Waals surface area (Å²) < 4.78 is 7.01. The minimum Gasteiger partial charge on any atom is -0.478 e. The molecule has 2 aromatic heterocycles. The van der Waals surface area contributed by atoms with Crippen LogP contribution in [-0.4, -0.2) is 45.4 Å². The molecule has 9 nitrogen and oxygen atoms in total. The number of thiocarbonyl (C=S) groups is 1. The van der Waals surface area contributed by atoms with Gasteiger partial charge < -0.3 is 29.9 Å². The van der Waals surface area contributed by atoms with E-state index in [4.69, 9.17) is 17.0 Å². The van der Waals surface area contributed by atoms with E-state index in [0.717, 1.165) is 39.6 Å². The van der Waals surface area contributed by atoms with Crippen LogP contribution in [0.3, 0.4) is 0 Å². The Morgan fingerprint density at radius 1 is 1.05 bits per heavy atom. The number of aryl methyl sites for hydroxylation is 2. The molecule has 0 saturated carbocycles. The first-order chi connectivity index (χ1) is 19.7. The summed E-state index contributed by atoms with van der Waals surface area (Å²) in [5, 5.41) is 16.5. The zero-order valence-electron chi connectivity index (χ0n) is 23.2. The van der Waals surface area contributed by atoms with Crippen LogP contribution >= 0.6 is 12.2 Å². The monoisotopic (exact) mass is 569 g/mol. The molecule has 1 fully saturated rings. The topological polar surface area (TPSA) is 109 Å². The highest BCUT2D eigenvalue weighted by molar-refractivity contribution is 7.80. The second-order valence-corrected chi connectivity index (χ2v) is 10.4. The summed E-state index contributed by atoms with van der Waals surface area (Å²) in [6.45, 7) is 5.95. The molecule has 210 valence electrons. The molecule has 1 saturated heterocycles. The number of carbonyl (C=O) groups excluding carboxylic acids is 1. The summed E-state index contributed by atoms with van der Waals surface area (Å²) in [4.78, 5) is 30.5. The summed E-state index contributed by atoms with van der Waals surface area (Å²) in [6.07, 6.45) is 1.77. The number of aromatic nitrogens is 2. The van der Waals surface area contributed by atoms with Gasteiger partial charge in [-0.05, 0) is 98.7 Å². The average molecular weight is 570 g/mol. The van der Waals surface area contributed by atoms with Crippen LogP contribution in [0.5, 0.6) is 0 Å². The number of ether oxygens (including phenoxy) is 1. The van der Waals surface area contributed by atoms with E-state index in [0.29, 0.717) is 10.8 Å². The second-order valence-electron chi connectivity index (χ2n) is 9.99. The van der Waals surface area contributed by atoms with Crippen LogP contribution in [0.25, 0.3) is 5.69 Å². The van der Waals surface area contributed by atoms with Gasteiger partial charge in [-0.1, -0.05) is 12.1 Å². The van der Waals surface area contributed by atoms with E-state index >= 15 is 0 Å². The van der Waals surface area contributed by atoms with Crippen molar-refractivity contribution >= 4 is 40.6 Å². The zero-order valence-corrected chi connectivity index (χ0v) is 24.0. The molecule has 1 amide bonds. The number of benzene rings is 2. The predicted octanol–water partition coefficient (Wildman–Crippen LogP) is 5.26. The van der Waals surface area contributed by atoms with Crippen LogP contribution in [0.15, 0.2) is 72.9 Å². The third-order valence-electron chi connectivity index (χ3n) is 7.28. The number of nitrogens with one attached hydrogen (secondary N) is 2. The van der Waals surface area contributed by atoms with Crippen LogP contribution in [0.1, 0.15) is 50.7 Å². The normalized spacial score (nSPS) is 16.5. The molecule has 10 heteroatoms. The van der Waals surface area contributed by atoms with Gasteiger partial charge in [-0.25, -0.2) is 4.79 Å². The quantitative estimate of drug-likeness (QED) is 0.247. The van der Waals surface area contributed by atoms with Crippen molar-refractivity contribution in [3.8, 4) is 5.69 Å². The van der Waals surface area contributed by atoms with Crippen LogP contribution in [0.2, 0.25) is 0 Å². The summed E-state index contributed by atoms with van der Waals surface area (Å²) >= 11 is 5.91. The Hall–Kier alpha value is -4.54. The SMILES string of the molecule is COCC(=O)Nc1ccc(N2C(=S)N[C@H](c3ccccn3)[C@@H]2c2cc(C)n(-c3cccc(C(=O)O)c3)c2C)cc1C.